The van der Waals surface area contributed by atoms with Crippen molar-refractivity contribution in [3.8, 4) is 5.75 Å². The van der Waals surface area contributed by atoms with Crippen LogP contribution in [0.2, 0.25) is 0 Å². The fraction of sp³-hybridized carbons (Fsp3) is 0.250. The fourth-order valence-electron chi connectivity index (χ4n) is 1.08. The van der Waals surface area contributed by atoms with Gasteiger partial charge in [-0.15, -0.1) is 0 Å². The van der Waals surface area contributed by atoms with Gasteiger partial charge in [0.05, 0.1) is 0 Å². The zero-order valence-electron chi connectivity index (χ0n) is 9.09. The van der Waals surface area contributed by atoms with Crippen LogP contribution in [0.25, 0.3) is 0 Å². The molecule has 0 N–H and O–H groups in total. The van der Waals surface area contributed by atoms with Gasteiger partial charge in [-0.25, -0.2) is 8.78 Å². The number of hydrogen-bond donors (Lipinski definition) is 0. The standard InChI is InChI=1S/C12H12F2O2/c1-8(2)3-4-16-12-10(13)5-9(7-15)6-11(12)14/h3,5-7H,4H2,1-2H3. The smallest absolute Gasteiger partial charge is 0.191 e. The van der Waals surface area contributed by atoms with Crippen molar-refractivity contribution in [2.75, 3.05) is 6.61 Å². The highest BCUT2D eigenvalue weighted by molar-refractivity contribution is 5.75. The summed E-state index contributed by atoms with van der Waals surface area (Å²) in [6, 6.07) is 1.88. The van der Waals surface area contributed by atoms with Gasteiger partial charge in [-0.05, 0) is 32.1 Å². The molecule has 0 aliphatic heterocycles. The van der Waals surface area contributed by atoms with E-state index in [-0.39, 0.29) is 12.2 Å². The molecule has 0 heterocycles. The van der Waals surface area contributed by atoms with Crippen LogP contribution in [0, 0.1) is 11.6 Å². The Balaban J connectivity index is 2.88. The number of carbonyl (C=O) groups excluding carboxylic acids is 1. The van der Waals surface area contributed by atoms with E-state index in [1.807, 2.05) is 13.8 Å². The van der Waals surface area contributed by atoms with Crippen molar-refractivity contribution in [2.24, 2.45) is 0 Å². The van der Waals surface area contributed by atoms with Crippen LogP contribution in [-0.4, -0.2) is 12.9 Å². The predicted molar refractivity (Wildman–Crippen MR) is 56.7 cm³/mol. The summed E-state index contributed by atoms with van der Waals surface area (Å²) >= 11 is 0. The maximum absolute atomic E-state index is 13.3. The first kappa shape index (κ1) is 12.4. The van der Waals surface area contributed by atoms with E-state index < -0.39 is 17.4 Å². The monoisotopic (exact) mass is 226 g/mol. The Kier molecular flexibility index (Phi) is 4.17. The van der Waals surface area contributed by atoms with Gasteiger partial charge in [0.2, 0.25) is 0 Å². The van der Waals surface area contributed by atoms with Crippen LogP contribution < -0.4 is 4.74 Å². The maximum atomic E-state index is 13.3. The molecule has 0 bridgehead atoms. The van der Waals surface area contributed by atoms with Gasteiger partial charge >= 0.3 is 0 Å². The van der Waals surface area contributed by atoms with Gasteiger partial charge < -0.3 is 4.74 Å². The highest BCUT2D eigenvalue weighted by Gasteiger charge is 2.11. The Morgan fingerprint density at radius 3 is 2.31 bits per heavy atom. The third-order valence-corrected chi connectivity index (χ3v) is 1.88. The van der Waals surface area contributed by atoms with Crippen molar-refractivity contribution in [1.29, 1.82) is 0 Å². The first-order valence-corrected chi connectivity index (χ1v) is 4.75. The zero-order chi connectivity index (χ0) is 12.1. The van der Waals surface area contributed by atoms with Crippen molar-refractivity contribution in [3.63, 3.8) is 0 Å². The fourth-order valence-corrected chi connectivity index (χ4v) is 1.08. The Morgan fingerprint density at radius 2 is 1.88 bits per heavy atom. The van der Waals surface area contributed by atoms with Crippen LogP contribution in [-0.2, 0) is 0 Å². The van der Waals surface area contributed by atoms with Crippen molar-refractivity contribution < 1.29 is 18.3 Å². The molecule has 0 saturated heterocycles. The minimum absolute atomic E-state index is 0.0513. The molecule has 0 fully saturated rings. The molecule has 1 aromatic carbocycles. The van der Waals surface area contributed by atoms with E-state index in [1.54, 1.807) is 6.08 Å². The summed E-state index contributed by atoms with van der Waals surface area (Å²) in [5.74, 6) is -2.20. The van der Waals surface area contributed by atoms with Crippen LogP contribution >= 0.6 is 0 Å². The molecule has 16 heavy (non-hydrogen) atoms. The molecule has 0 aliphatic rings. The molecule has 2 nitrogen and oxygen atoms in total. The second-order valence-corrected chi connectivity index (χ2v) is 3.52. The largest absolute Gasteiger partial charge is 0.483 e. The van der Waals surface area contributed by atoms with Gasteiger partial charge in [0.15, 0.2) is 17.4 Å². The number of ether oxygens (including phenoxy) is 1. The maximum Gasteiger partial charge on any atom is 0.191 e. The first-order valence-electron chi connectivity index (χ1n) is 4.75. The molecular formula is C12H12F2O2. The lowest BCUT2D eigenvalue weighted by Gasteiger charge is -2.06. The molecule has 0 aliphatic carbocycles. The van der Waals surface area contributed by atoms with Crippen LogP contribution in [0.5, 0.6) is 5.75 Å². The van der Waals surface area contributed by atoms with Gasteiger partial charge in [0.25, 0.3) is 0 Å². The summed E-state index contributed by atoms with van der Waals surface area (Å²) in [6.45, 7) is 3.80. The van der Waals surface area contributed by atoms with Crippen molar-refractivity contribution in [2.45, 2.75) is 13.8 Å². The topological polar surface area (TPSA) is 26.3 Å². The number of rotatable bonds is 4. The minimum atomic E-state index is -0.871. The van der Waals surface area contributed by atoms with Crippen LogP contribution in [0.15, 0.2) is 23.8 Å². The third kappa shape index (κ3) is 3.15. The molecule has 0 unspecified atom stereocenters. The first-order chi connectivity index (χ1) is 7.54. The lowest BCUT2D eigenvalue weighted by molar-refractivity contribution is 0.112. The number of carbonyl (C=O) groups is 1. The molecular weight excluding hydrogens is 214 g/mol. The summed E-state index contributed by atoms with van der Waals surface area (Å²) in [5, 5.41) is 0. The summed E-state index contributed by atoms with van der Waals surface area (Å²) in [6.07, 6.45) is 2.08. The average Bonchev–Trinajstić information content (AvgIpc) is 2.21. The lowest BCUT2D eigenvalue weighted by Crippen LogP contribution is -2.00. The average molecular weight is 226 g/mol. The highest BCUT2D eigenvalue weighted by Crippen LogP contribution is 2.22. The van der Waals surface area contributed by atoms with Crippen LogP contribution in [0.4, 0.5) is 8.78 Å². The lowest BCUT2D eigenvalue weighted by atomic mass is 10.2. The molecule has 0 atom stereocenters. The number of benzene rings is 1. The molecule has 0 spiro atoms. The van der Waals surface area contributed by atoms with Gasteiger partial charge in [0, 0.05) is 5.56 Å². The predicted octanol–water partition coefficient (Wildman–Crippen LogP) is 3.12. The zero-order valence-corrected chi connectivity index (χ0v) is 9.09. The van der Waals surface area contributed by atoms with E-state index in [2.05, 4.69) is 0 Å². The molecule has 0 saturated carbocycles. The molecule has 86 valence electrons. The summed E-state index contributed by atoms with van der Waals surface area (Å²) in [7, 11) is 0. The summed E-state index contributed by atoms with van der Waals surface area (Å²) in [5.41, 5.74) is 0.940. The minimum Gasteiger partial charge on any atom is -0.483 e. The number of halogens is 2. The molecule has 1 rings (SSSR count). The number of allylic oxidation sites excluding steroid dienone is 1. The Labute approximate surface area is 92.5 Å². The van der Waals surface area contributed by atoms with Gasteiger partial charge in [0.1, 0.15) is 12.9 Å². The molecule has 4 heteroatoms. The van der Waals surface area contributed by atoms with E-state index in [1.165, 1.54) is 0 Å². The molecule has 0 amide bonds. The Hall–Kier alpha value is -1.71. The molecule has 0 aromatic heterocycles. The third-order valence-electron chi connectivity index (χ3n) is 1.88. The van der Waals surface area contributed by atoms with Gasteiger partial charge in [-0.2, -0.15) is 0 Å². The molecule has 0 radical (unpaired) electrons. The normalized spacial score (nSPS) is 9.75. The van der Waals surface area contributed by atoms with Crippen molar-refractivity contribution >= 4 is 6.29 Å². The van der Waals surface area contributed by atoms with E-state index in [0.717, 1.165) is 17.7 Å². The molecule has 1 aromatic rings. The SMILES string of the molecule is CC(C)=CCOc1c(F)cc(C=O)cc1F. The van der Waals surface area contributed by atoms with E-state index >= 15 is 0 Å². The Bertz CT molecular complexity index is 398. The van der Waals surface area contributed by atoms with Crippen molar-refractivity contribution in [3.05, 3.63) is 41.0 Å². The van der Waals surface area contributed by atoms with E-state index in [9.17, 15) is 13.6 Å². The summed E-state index contributed by atoms with van der Waals surface area (Å²) in [4.78, 5) is 10.3. The van der Waals surface area contributed by atoms with Crippen LogP contribution in [0.1, 0.15) is 24.2 Å². The second kappa shape index (κ2) is 5.39. The second-order valence-electron chi connectivity index (χ2n) is 3.52. The van der Waals surface area contributed by atoms with Crippen molar-refractivity contribution in [1.82, 2.24) is 0 Å². The summed E-state index contributed by atoms with van der Waals surface area (Å²) < 4.78 is 31.5. The van der Waals surface area contributed by atoms with E-state index in [0.29, 0.717) is 6.29 Å². The number of hydrogen-bond acceptors (Lipinski definition) is 2. The van der Waals surface area contributed by atoms with Gasteiger partial charge in [-0.3, -0.25) is 4.79 Å². The number of aldehydes is 1. The van der Waals surface area contributed by atoms with Gasteiger partial charge in [-0.1, -0.05) is 5.57 Å². The Morgan fingerprint density at radius 1 is 1.31 bits per heavy atom. The quantitative estimate of drug-likeness (QED) is 0.582. The van der Waals surface area contributed by atoms with Crippen LogP contribution in [0.3, 0.4) is 0 Å². The van der Waals surface area contributed by atoms with E-state index in [4.69, 9.17) is 4.74 Å². The highest BCUT2D eigenvalue weighted by atomic mass is 19.1.